The lowest BCUT2D eigenvalue weighted by Gasteiger charge is -2.17. The van der Waals surface area contributed by atoms with Crippen molar-refractivity contribution in [3.63, 3.8) is 0 Å². The van der Waals surface area contributed by atoms with Crippen molar-refractivity contribution in [1.82, 2.24) is 9.80 Å². The van der Waals surface area contributed by atoms with Crippen LogP contribution in [0.2, 0.25) is 0 Å². The van der Waals surface area contributed by atoms with Crippen molar-refractivity contribution in [1.29, 1.82) is 0 Å². The second-order valence-electron chi connectivity index (χ2n) is 6.26. The fourth-order valence-corrected chi connectivity index (χ4v) is 2.85. The maximum atomic E-state index is 11.7. The molecule has 0 radical (unpaired) electrons. The van der Waals surface area contributed by atoms with Crippen LogP contribution in [0, 0.1) is 0 Å². The molecule has 3 rings (SSSR count). The van der Waals surface area contributed by atoms with Gasteiger partial charge in [0, 0.05) is 32.6 Å². The van der Waals surface area contributed by atoms with Gasteiger partial charge in [0.05, 0.1) is 6.54 Å². The number of likely N-dealkylation sites (tertiary alicyclic amines) is 1. The maximum absolute atomic E-state index is 11.7. The molecule has 1 aromatic carbocycles. The molecule has 5 heteroatoms. The molecular formula is C17H24N4O. The highest BCUT2D eigenvalue weighted by Crippen LogP contribution is 2.25. The van der Waals surface area contributed by atoms with Crippen molar-refractivity contribution < 1.29 is 4.79 Å². The maximum Gasteiger partial charge on any atom is 0.222 e. The highest BCUT2D eigenvalue weighted by atomic mass is 16.2. The van der Waals surface area contributed by atoms with Crippen LogP contribution in [0.4, 0.5) is 0 Å². The molecule has 2 aliphatic rings. The number of amides is 1. The minimum absolute atomic E-state index is 0.263. The molecule has 1 saturated carbocycles. The Kier molecular flexibility index (Phi) is 4.32. The van der Waals surface area contributed by atoms with E-state index in [4.69, 9.17) is 5.73 Å². The second-order valence-corrected chi connectivity index (χ2v) is 6.26. The average molecular weight is 300 g/mol. The van der Waals surface area contributed by atoms with Gasteiger partial charge in [0.1, 0.15) is 0 Å². The van der Waals surface area contributed by atoms with Gasteiger partial charge in [0.25, 0.3) is 0 Å². The third kappa shape index (κ3) is 3.59. The molecule has 1 aromatic rings. The molecule has 2 N–H and O–H groups in total. The number of benzene rings is 1. The highest BCUT2D eigenvalue weighted by Gasteiger charge is 2.27. The SMILES string of the molecule is CN(C(N)=NCc1cccc(CN2CCCC2=O)c1)C1CC1. The van der Waals surface area contributed by atoms with Crippen LogP contribution in [0.1, 0.15) is 36.8 Å². The van der Waals surface area contributed by atoms with Crippen molar-refractivity contribution in [2.24, 2.45) is 10.7 Å². The highest BCUT2D eigenvalue weighted by molar-refractivity contribution is 5.78. The van der Waals surface area contributed by atoms with E-state index in [0.29, 0.717) is 31.5 Å². The third-order valence-electron chi connectivity index (χ3n) is 4.42. The molecule has 1 aliphatic carbocycles. The second kappa shape index (κ2) is 6.38. The van der Waals surface area contributed by atoms with Crippen molar-refractivity contribution in [2.45, 2.75) is 44.8 Å². The Balaban J connectivity index is 1.61. The van der Waals surface area contributed by atoms with Gasteiger partial charge in [-0.15, -0.1) is 0 Å². The smallest absolute Gasteiger partial charge is 0.222 e. The van der Waals surface area contributed by atoms with E-state index in [1.54, 1.807) is 0 Å². The van der Waals surface area contributed by atoms with Crippen LogP contribution in [0.3, 0.4) is 0 Å². The van der Waals surface area contributed by atoms with Gasteiger partial charge < -0.3 is 15.5 Å². The monoisotopic (exact) mass is 300 g/mol. The summed E-state index contributed by atoms with van der Waals surface area (Å²) >= 11 is 0. The third-order valence-corrected chi connectivity index (χ3v) is 4.42. The van der Waals surface area contributed by atoms with Gasteiger partial charge in [0.15, 0.2) is 5.96 Å². The van der Waals surface area contributed by atoms with Crippen LogP contribution in [0.25, 0.3) is 0 Å². The van der Waals surface area contributed by atoms with E-state index in [2.05, 4.69) is 28.1 Å². The number of nitrogens with two attached hydrogens (primary N) is 1. The summed E-state index contributed by atoms with van der Waals surface area (Å²) in [5.74, 6) is 0.876. The van der Waals surface area contributed by atoms with Gasteiger partial charge in [-0.25, -0.2) is 4.99 Å². The van der Waals surface area contributed by atoms with E-state index in [1.807, 2.05) is 18.0 Å². The summed E-state index contributed by atoms with van der Waals surface area (Å²) in [6, 6.07) is 8.86. The van der Waals surface area contributed by atoms with Crippen molar-refractivity contribution in [3.05, 3.63) is 35.4 Å². The van der Waals surface area contributed by atoms with Gasteiger partial charge in [0.2, 0.25) is 5.91 Å². The fourth-order valence-electron chi connectivity index (χ4n) is 2.85. The van der Waals surface area contributed by atoms with Crippen LogP contribution in [0.15, 0.2) is 29.3 Å². The Hall–Kier alpha value is -2.04. The Morgan fingerprint density at radius 2 is 2.18 bits per heavy atom. The number of aliphatic imine (C=N–C) groups is 1. The standard InChI is InChI=1S/C17H24N4O/c1-20(15-7-8-15)17(18)19-11-13-4-2-5-14(10-13)12-21-9-3-6-16(21)22/h2,4-5,10,15H,3,6-9,11-12H2,1H3,(H2,18,19). The van der Waals surface area contributed by atoms with Crippen LogP contribution in [0.5, 0.6) is 0 Å². The topological polar surface area (TPSA) is 61.9 Å². The van der Waals surface area contributed by atoms with Crippen LogP contribution >= 0.6 is 0 Å². The Labute approximate surface area is 131 Å². The first-order chi connectivity index (χ1) is 10.6. The lowest BCUT2D eigenvalue weighted by molar-refractivity contribution is -0.128. The number of rotatable bonds is 5. The van der Waals surface area contributed by atoms with Crippen LogP contribution in [-0.2, 0) is 17.9 Å². The predicted molar refractivity (Wildman–Crippen MR) is 87.2 cm³/mol. The first-order valence-corrected chi connectivity index (χ1v) is 8.02. The molecule has 22 heavy (non-hydrogen) atoms. The number of guanidine groups is 1. The van der Waals surface area contributed by atoms with Gasteiger partial charge in [-0.2, -0.15) is 0 Å². The van der Waals surface area contributed by atoms with E-state index in [0.717, 1.165) is 24.1 Å². The Morgan fingerprint density at radius 3 is 2.86 bits per heavy atom. The summed E-state index contributed by atoms with van der Waals surface area (Å²) in [6.07, 6.45) is 4.10. The minimum Gasteiger partial charge on any atom is -0.370 e. The predicted octanol–water partition coefficient (Wildman–Crippen LogP) is 1.72. The number of hydrogen-bond acceptors (Lipinski definition) is 2. The fraction of sp³-hybridized carbons (Fsp3) is 0.529. The molecule has 1 saturated heterocycles. The molecule has 0 bridgehead atoms. The van der Waals surface area contributed by atoms with Crippen molar-refractivity contribution in [2.75, 3.05) is 13.6 Å². The zero-order chi connectivity index (χ0) is 15.5. The number of hydrogen-bond donors (Lipinski definition) is 1. The molecule has 1 heterocycles. The summed E-state index contributed by atoms with van der Waals surface area (Å²) in [7, 11) is 2.01. The van der Waals surface area contributed by atoms with Crippen molar-refractivity contribution >= 4 is 11.9 Å². The number of carbonyl (C=O) groups is 1. The first-order valence-electron chi connectivity index (χ1n) is 8.02. The van der Waals surface area contributed by atoms with Gasteiger partial charge >= 0.3 is 0 Å². The zero-order valence-corrected chi connectivity index (χ0v) is 13.2. The van der Waals surface area contributed by atoms with Crippen LogP contribution < -0.4 is 5.73 Å². The Morgan fingerprint density at radius 1 is 1.41 bits per heavy atom. The van der Waals surface area contributed by atoms with E-state index < -0.39 is 0 Å². The van der Waals surface area contributed by atoms with E-state index >= 15 is 0 Å². The molecule has 118 valence electrons. The summed E-state index contributed by atoms with van der Waals surface area (Å²) < 4.78 is 0. The van der Waals surface area contributed by atoms with E-state index in [-0.39, 0.29) is 5.91 Å². The molecule has 1 aliphatic heterocycles. The summed E-state index contributed by atoms with van der Waals surface area (Å²) in [6.45, 7) is 2.17. The summed E-state index contributed by atoms with van der Waals surface area (Å²) in [4.78, 5) is 20.2. The zero-order valence-electron chi connectivity index (χ0n) is 13.2. The molecule has 0 spiro atoms. The number of carbonyl (C=O) groups excluding carboxylic acids is 1. The largest absolute Gasteiger partial charge is 0.370 e. The van der Waals surface area contributed by atoms with E-state index in [1.165, 1.54) is 12.8 Å². The lowest BCUT2D eigenvalue weighted by Crippen LogP contribution is -2.35. The average Bonchev–Trinajstić information content (AvgIpc) is 3.29. The summed E-state index contributed by atoms with van der Waals surface area (Å²) in [5.41, 5.74) is 8.32. The Bertz CT molecular complexity index is 580. The molecular weight excluding hydrogens is 276 g/mol. The molecule has 0 aromatic heterocycles. The van der Waals surface area contributed by atoms with Gasteiger partial charge in [-0.3, -0.25) is 4.79 Å². The molecule has 5 nitrogen and oxygen atoms in total. The molecule has 0 atom stereocenters. The van der Waals surface area contributed by atoms with Crippen molar-refractivity contribution in [3.8, 4) is 0 Å². The van der Waals surface area contributed by atoms with E-state index in [9.17, 15) is 4.79 Å². The number of nitrogens with zero attached hydrogens (tertiary/aromatic N) is 3. The molecule has 1 amide bonds. The van der Waals surface area contributed by atoms with Gasteiger partial charge in [-0.05, 0) is 30.4 Å². The minimum atomic E-state index is 0.263. The summed E-state index contributed by atoms with van der Waals surface area (Å²) in [5, 5.41) is 0. The first kappa shape index (κ1) is 14.9. The van der Waals surface area contributed by atoms with Crippen LogP contribution in [-0.4, -0.2) is 41.3 Å². The normalized spacial score (nSPS) is 18.9. The molecule has 0 unspecified atom stereocenters. The molecule has 2 fully saturated rings. The lowest BCUT2D eigenvalue weighted by atomic mass is 10.1. The van der Waals surface area contributed by atoms with Gasteiger partial charge in [-0.1, -0.05) is 24.3 Å². The quantitative estimate of drug-likeness (QED) is 0.665.